The second-order valence-electron chi connectivity index (χ2n) is 10.7. The molecule has 0 heterocycles. The standard InChI is InChI=1S/C23H35NO/c1-22-11-9-18(25)13-16(22)4-7-19-20(22)10-12-23-14-17(24-2)6-3-15(23)5-8-21(19)23/h15-21,25H,3-14H2,1H3/t15-,16-,17-,18+,19?,20?,21?,22-,23-/m0/s1. The zero-order chi connectivity index (χ0) is 17.2. The quantitative estimate of drug-likeness (QED) is 0.582. The van der Waals surface area contributed by atoms with Crippen LogP contribution in [0.2, 0.25) is 0 Å². The topological polar surface area (TPSA) is 24.6 Å². The van der Waals surface area contributed by atoms with E-state index in [-0.39, 0.29) is 6.10 Å². The highest BCUT2D eigenvalue weighted by atomic mass is 16.3. The molecule has 5 aliphatic carbocycles. The molecule has 0 bridgehead atoms. The summed E-state index contributed by atoms with van der Waals surface area (Å²) in [5.41, 5.74) is 1.04. The highest BCUT2D eigenvalue weighted by Gasteiger charge is 2.63. The van der Waals surface area contributed by atoms with Crippen LogP contribution in [0.25, 0.3) is 4.85 Å². The van der Waals surface area contributed by atoms with Crippen LogP contribution >= 0.6 is 0 Å². The molecule has 0 aromatic carbocycles. The molecule has 0 saturated heterocycles. The van der Waals surface area contributed by atoms with Gasteiger partial charge in [-0.1, -0.05) is 6.92 Å². The molecule has 138 valence electrons. The fourth-order valence-corrected chi connectivity index (χ4v) is 9.05. The highest BCUT2D eigenvalue weighted by molar-refractivity contribution is 5.13. The molecule has 0 aromatic rings. The summed E-state index contributed by atoms with van der Waals surface area (Å²) in [7, 11) is 0. The Morgan fingerprint density at radius 2 is 1.68 bits per heavy atom. The lowest BCUT2D eigenvalue weighted by Gasteiger charge is -2.62. The van der Waals surface area contributed by atoms with Crippen molar-refractivity contribution in [1.82, 2.24) is 0 Å². The van der Waals surface area contributed by atoms with E-state index in [0.717, 1.165) is 42.4 Å². The van der Waals surface area contributed by atoms with Gasteiger partial charge in [-0.2, -0.15) is 0 Å². The van der Waals surface area contributed by atoms with E-state index in [4.69, 9.17) is 6.57 Å². The van der Waals surface area contributed by atoms with Gasteiger partial charge in [-0.3, -0.25) is 0 Å². The summed E-state index contributed by atoms with van der Waals surface area (Å²) in [5, 5.41) is 10.2. The van der Waals surface area contributed by atoms with E-state index < -0.39 is 0 Å². The number of hydrogen-bond acceptors (Lipinski definition) is 1. The van der Waals surface area contributed by atoms with E-state index >= 15 is 0 Å². The van der Waals surface area contributed by atoms with Crippen LogP contribution in [0.3, 0.4) is 0 Å². The molecule has 2 heteroatoms. The molecular formula is C23H35NO. The molecule has 5 aliphatic rings. The van der Waals surface area contributed by atoms with Crippen molar-refractivity contribution >= 4 is 0 Å². The predicted octanol–water partition coefficient (Wildman–Crippen LogP) is 5.46. The molecule has 0 aromatic heterocycles. The minimum Gasteiger partial charge on any atom is -0.393 e. The maximum atomic E-state index is 10.2. The van der Waals surface area contributed by atoms with Gasteiger partial charge in [0, 0.05) is 12.8 Å². The summed E-state index contributed by atoms with van der Waals surface area (Å²) in [6.45, 7) is 10.2. The third-order valence-corrected chi connectivity index (χ3v) is 10.2. The van der Waals surface area contributed by atoms with Gasteiger partial charge in [0.25, 0.3) is 0 Å². The van der Waals surface area contributed by atoms with Gasteiger partial charge in [0.05, 0.1) is 6.10 Å². The minimum absolute atomic E-state index is 0.0295. The van der Waals surface area contributed by atoms with Crippen molar-refractivity contribution < 1.29 is 5.11 Å². The monoisotopic (exact) mass is 341 g/mol. The Kier molecular flexibility index (Phi) is 3.80. The molecule has 5 fully saturated rings. The average Bonchev–Trinajstić information content (AvgIpc) is 3.01. The lowest BCUT2D eigenvalue weighted by Crippen LogP contribution is -2.55. The summed E-state index contributed by atoms with van der Waals surface area (Å²) in [6, 6.07) is 0.324. The van der Waals surface area contributed by atoms with Crippen LogP contribution in [-0.4, -0.2) is 17.3 Å². The smallest absolute Gasteiger partial charge is 0.224 e. The Bertz CT molecular complexity index is 581. The van der Waals surface area contributed by atoms with Crippen molar-refractivity contribution in [3.63, 3.8) is 0 Å². The number of aliphatic hydroxyl groups excluding tert-OH is 1. The third kappa shape index (κ3) is 2.24. The SMILES string of the molecule is [C-]#[N+][C@H]1CC[C@H]2CCC3C4CC[C@H]5C[C@H](O)CC[C@]5(C)C4CC[C@@]32C1. The summed E-state index contributed by atoms with van der Waals surface area (Å²) in [6.07, 6.45) is 15.6. The third-order valence-electron chi connectivity index (χ3n) is 10.2. The molecule has 25 heavy (non-hydrogen) atoms. The van der Waals surface area contributed by atoms with Gasteiger partial charge in [0.15, 0.2) is 0 Å². The zero-order valence-electron chi connectivity index (χ0n) is 15.9. The second-order valence-corrected chi connectivity index (χ2v) is 10.7. The Hall–Kier alpha value is -0.550. The summed E-state index contributed by atoms with van der Waals surface area (Å²) >= 11 is 0. The molecule has 5 rings (SSSR count). The maximum absolute atomic E-state index is 10.2. The fraction of sp³-hybridized carbons (Fsp3) is 0.957. The summed E-state index contributed by atoms with van der Waals surface area (Å²) < 4.78 is 0. The van der Waals surface area contributed by atoms with Crippen molar-refractivity contribution in [1.29, 1.82) is 0 Å². The molecular weight excluding hydrogens is 306 g/mol. The first-order valence-corrected chi connectivity index (χ1v) is 11.1. The van der Waals surface area contributed by atoms with E-state index in [1.807, 2.05) is 0 Å². The average molecular weight is 342 g/mol. The Morgan fingerprint density at radius 1 is 0.880 bits per heavy atom. The molecule has 0 aliphatic heterocycles. The van der Waals surface area contributed by atoms with Crippen molar-refractivity contribution in [2.24, 2.45) is 40.4 Å². The molecule has 0 radical (unpaired) electrons. The summed E-state index contributed by atoms with van der Waals surface area (Å²) in [4.78, 5) is 4.01. The Labute approximate surface area is 153 Å². The van der Waals surface area contributed by atoms with Gasteiger partial charge in [-0.15, -0.1) is 0 Å². The van der Waals surface area contributed by atoms with E-state index in [0.29, 0.717) is 16.9 Å². The normalized spacial score (nSPS) is 57.6. The van der Waals surface area contributed by atoms with E-state index in [9.17, 15) is 5.11 Å². The minimum atomic E-state index is -0.0295. The van der Waals surface area contributed by atoms with Gasteiger partial charge in [0.1, 0.15) is 0 Å². The van der Waals surface area contributed by atoms with Crippen LogP contribution < -0.4 is 0 Å². The van der Waals surface area contributed by atoms with Crippen molar-refractivity contribution in [2.75, 3.05) is 0 Å². The van der Waals surface area contributed by atoms with Crippen molar-refractivity contribution in [3.05, 3.63) is 11.4 Å². The van der Waals surface area contributed by atoms with Crippen LogP contribution in [0.5, 0.6) is 0 Å². The molecule has 0 amide bonds. The first-order chi connectivity index (χ1) is 12.1. The fourth-order valence-electron chi connectivity index (χ4n) is 9.05. The van der Waals surface area contributed by atoms with E-state index in [2.05, 4.69) is 11.8 Å². The number of fused-ring (bicyclic) bond motifs is 4. The number of rotatable bonds is 0. The Morgan fingerprint density at radius 3 is 2.52 bits per heavy atom. The van der Waals surface area contributed by atoms with Gasteiger partial charge in [-0.25, -0.2) is 6.57 Å². The number of aliphatic hydroxyl groups is 1. The molecule has 9 atom stereocenters. The lowest BCUT2D eigenvalue weighted by atomic mass is 9.43. The molecule has 5 saturated carbocycles. The largest absolute Gasteiger partial charge is 0.393 e. The Balaban J connectivity index is 1.44. The molecule has 1 spiro atoms. The van der Waals surface area contributed by atoms with Gasteiger partial charge < -0.3 is 9.95 Å². The van der Waals surface area contributed by atoms with Gasteiger partial charge >= 0.3 is 0 Å². The predicted molar refractivity (Wildman–Crippen MR) is 99.8 cm³/mol. The van der Waals surface area contributed by atoms with Crippen LogP contribution in [0, 0.1) is 47.0 Å². The highest BCUT2D eigenvalue weighted by Crippen LogP contribution is 2.70. The first kappa shape index (κ1) is 16.6. The zero-order valence-corrected chi connectivity index (χ0v) is 15.9. The molecule has 1 N–H and O–H groups in total. The number of nitrogens with zero attached hydrogens (tertiary/aromatic N) is 1. The van der Waals surface area contributed by atoms with Crippen LogP contribution in [0.1, 0.15) is 84.0 Å². The maximum Gasteiger partial charge on any atom is 0.224 e. The molecule has 3 unspecified atom stereocenters. The van der Waals surface area contributed by atoms with Crippen LogP contribution in [-0.2, 0) is 0 Å². The van der Waals surface area contributed by atoms with Crippen molar-refractivity contribution in [3.8, 4) is 0 Å². The summed E-state index contributed by atoms with van der Waals surface area (Å²) in [5.74, 6) is 4.47. The molecule has 2 nitrogen and oxygen atoms in total. The lowest BCUT2D eigenvalue weighted by molar-refractivity contribution is -0.136. The van der Waals surface area contributed by atoms with Crippen LogP contribution in [0.15, 0.2) is 0 Å². The van der Waals surface area contributed by atoms with E-state index in [1.165, 1.54) is 64.2 Å². The van der Waals surface area contributed by atoms with Crippen LogP contribution in [0.4, 0.5) is 0 Å². The van der Waals surface area contributed by atoms with Crippen molar-refractivity contribution in [2.45, 2.75) is 96.1 Å². The van der Waals surface area contributed by atoms with Gasteiger partial charge in [0.2, 0.25) is 6.04 Å². The second kappa shape index (κ2) is 5.72. The number of hydrogen-bond donors (Lipinski definition) is 1. The first-order valence-electron chi connectivity index (χ1n) is 11.1. The van der Waals surface area contributed by atoms with E-state index in [1.54, 1.807) is 0 Å². The van der Waals surface area contributed by atoms with Gasteiger partial charge in [-0.05, 0) is 105 Å².